The number of hydrogen-bond donors (Lipinski definition) is 1. The van der Waals surface area contributed by atoms with Crippen molar-refractivity contribution in [2.24, 2.45) is 0 Å². The second-order valence-corrected chi connectivity index (χ2v) is 4.30. The van der Waals surface area contributed by atoms with Crippen molar-refractivity contribution in [3.05, 3.63) is 66.0 Å². The SMILES string of the molecule is O=C(O)c1nc2ccccc2n1Cc1ccccc1. The molecule has 0 aliphatic carbocycles. The molecule has 1 heterocycles. The summed E-state index contributed by atoms with van der Waals surface area (Å²) in [4.78, 5) is 15.5. The maximum atomic E-state index is 11.3. The van der Waals surface area contributed by atoms with Crippen LogP contribution < -0.4 is 0 Å². The fourth-order valence-electron chi connectivity index (χ4n) is 2.16. The quantitative estimate of drug-likeness (QED) is 0.779. The Hall–Kier alpha value is -2.62. The maximum absolute atomic E-state index is 11.3. The molecule has 1 aromatic heterocycles. The van der Waals surface area contributed by atoms with E-state index in [1.54, 1.807) is 4.57 Å². The summed E-state index contributed by atoms with van der Waals surface area (Å²) >= 11 is 0. The van der Waals surface area contributed by atoms with Crippen molar-refractivity contribution in [3.8, 4) is 0 Å². The molecule has 0 radical (unpaired) electrons. The number of aromatic carboxylic acids is 1. The molecule has 3 rings (SSSR count). The molecule has 0 aliphatic rings. The van der Waals surface area contributed by atoms with Gasteiger partial charge in [0.25, 0.3) is 0 Å². The summed E-state index contributed by atoms with van der Waals surface area (Å²) < 4.78 is 1.73. The van der Waals surface area contributed by atoms with Gasteiger partial charge in [-0.1, -0.05) is 42.5 Å². The lowest BCUT2D eigenvalue weighted by Gasteiger charge is -2.06. The minimum atomic E-state index is -1.01. The third-order valence-corrected chi connectivity index (χ3v) is 3.03. The molecule has 3 aromatic rings. The zero-order valence-electron chi connectivity index (χ0n) is 10.2. The average Bonchev–Trinajstić information content (AvgIpc) is 2.79. The van der Waals surface area contributed by atoms with E-state index in [-0.39, 0.29) is 5.82 Å². The molecule has 0 bridgehead atoms. The van der Waals surface area contributed by atoms with Gasteiger partial charge in [0.1, 0.15) is 0 Å². The predicted molar refractivity (Wildman–Crippen MR) is 72.2 cm³/mol. The molecule has 0 unspecified atom stereocenters. The van der Waals surface area contributed by atoms with Crippen LogP contribution in [-0.2, 0) is 6.54 Å². The van der Waals surface area contributed by atoms with Crippen LogP contribution in [0.5, 0.6) is 0 Å². The summed E-state index contributed by atoms with van der Waals surface area (Å²) in [6, 6.07) is 17.2. The molecule has 94 valence electrons. The van der Waals surface area contributed by atoms with Gasteiger partial charge in [0.2, 0.25) is 5.82 Å². The van der Waals surface area contributed by atoms with E-state index in [9.17, 15) is 9.90 Å². The normalized spacial score (nSPS) is 10.7. The lowest BCUT2D eigenvalue weighted by molar-refractivity contribution is 0.0679. The Bertz CT molecular complexity index is 732. The van der Waals surface area contributed by atoms with Crippen LogP contribution in [0.2, 0.25) is 0 Å². The molecule has 4 heteroatoms. The second kappa shape index (κ2) is 4.57. The van der Waals surface area contributed by atoms with Gasteiger partial charge >= 0.3 is 5.97 Å². The third-order valence-electron chi connectivity index (χ3n) is 3.03. The summed E-state index contributed by atoms with van der Waals surface area (Å²) in [5, 5.41) is 9.26. The molecule has 4 nitrogen and oxygen atoms in total. The van der Waals surface area contributed by atoms with Crippen molar-refractivity contribution >= 4 is 17.0 Å². The monoisotopic (exact) mass is 252 g/mol. The number of rotatable bonds is 3. The van der Waals surface area contributed by atoms with Crippen molar-refractivity contribution < 1.29 is 9.90 Å². The Balaban J connectivity index is 2.15. The number of carboxylic acid groups (broad SMARTS) is 1. The van der Waals surface area contributed by atoms with Crippen LogP contribution in [0.3, 0.4) is 0 Å². The predicted octanol–water partition coefficient (Wildman–Crippen LogP) is 2.78. The molecule has 0 atom stereocenters. The fraction of sp³-hybridized carbons (Fsp3) is 0.0667. The third kappa shape index (κ3) is 2.08. The first kappa shape index (κ1) is 11.5. The first-order chi connectivity index (χ1) is 9.25. The molecular weight excluding hydrogens is 240 g/mol. The van der Waals surface area contributed by atoms with Crippen LogP contribution in [0.1, 0.15) is 16.2 Å². The van der Waals surface area contributed by atoms with Crippen LogP contribution in [0, 0.1) is 0 Å². The van der Waals surface area contributed by atoms with Crippen molar-refractivity contribution in [3.63, 3.8) is 0 Å². The zero-order valence-corrected chi connectivity index (χ0v) is 10.2. The van der Waals surface area contributed by atoms with E-state index >= 15 is 0 Å². The van der Waals surface area contributed by atoms with E-state index in [2.05, 4.69) is 4.98 Å². The van der Waals surface area contributed by atoms with Gasteiger partial charge in [0.15, 0.2) is 0 Å². The Kier molecular flexibility index (Phi) is 2.76. The van der Waals surface area contributed by atoms with Gasteiger partial charge in [-0.3, -0.25) is 0 Å². The minimum Gasteiger partial charge on any atom is -0.475 e. The second-order valence-electron chi connectivity index (χ2n) is 4.30. The number of nitrogens with zero attached hydrogens (tertiary/aromatic N) is 2. The number of fused-ring (bicyclic) bond motifs is 1. The van der Waals surface area contributed by atoms with E-state index in [0.29, 0.717) is 12.1 Å². The molecule has 0 saturated carbocycles. The van der Waals surface area contributed by atoms with Gasteiger partial charge in [-0.15, -0.1) is 0 Å². The van der Waals surface area contributed by atoms with E-state index in [1.807, 2.05) is 54.6 Å². The number of imidazole rings is 1. The highest BCUT2D eigenvalue weighted by Gasteiger charge is 2.16. The molecule has 2 aromatic carbocycles. The first-order valence-corrected chi connectivity index (χ1v) is 5.98. The molecule has 19 heavy (non-hydrogen) atoms. The summed E-state index contributed by atoms with van der Waals surface area (Å²) in [5.41, 5.74) is 2.59. The van der Waals surface area contributed by atoms with E-state index in [0.717, 1.165) is 11.1 Å². The Labute approximate surface area is 109 Å². The average molecular weight is 252 g/mol. The Morgan fingerprint density at radius 2 is 1.74 bits per heavy atom. The van der Waals surface area contributed by atoms with Gasteiger partial charge in [-0.25, -0.2) is 9.78 Å². The van der Waals surface area contributed by atoms with E-state index in [1.165, 1.54) is 0 Å². The molecule has 0 aliphatic heterocycles. The fourth-order valence-corrected chi connectivity index (χ4v) is 2.16. The lowest BCUT2D eigenvalue weighted by Crippen LogP contribution is -2.10. The Morgan fingerprint density at radius 1 is 1.05 bits per heavy atom. The van der Waals surface area contributed by atoms with Gasteiger partial charge in [0.05, 0.1) is 11.0 Å². The standard InChI is InChI=1S/C15H12N2O2/c18-15(19)14-16-12-8-4-5-9-13(12)17(14)10-11-6-2-1-3-7-11/h1-9H,10H2,(H,18,19). The number of carboxylic acids is 1. The summed E-state index contributed by atoms with van der Waals surface area (Å²) in [6.45, 7) is 0.503. The minimum absolute atomic E-state index is 0.0741. The van der Waals surface area contributed by atoms with Crippen molar-refractivity contribution in [2.45, 2.75) is 6.54 Å². The van der Waals surface area contributed by atoms with Gasteiger partial charge in [-0.05, 0) is 17.7 Å². The summed E-state index contributed by atoms with van der Waals surface area (Å²) in [5.74, 6) is -0.933. The van der Waals surface area contributed by atoms with Gasteiger partial charge < -0.3 is 9.67 Å². The van der Waals surface area contributed by atoms with Crippen molar-refractivity contribution in [1.82, 2.24) is 9.55 Å². The lowest BCUT2D eigenvalue weighted by atomic mass is 10.2. The van der Waals surface area contributed by atoms with Crippen molar-refractivity contribution in [2.75, 3.05) is 0 Å². The molecule has 0 saturated heterocycles. The molecular formula is C15H12N2O2. The Morgan fingerprint density at radius 3 is 2.47 bits per heavy atom. The maximum Gasteiger partial charge on any atom is 0.372 e. The van der Waals surface area contributed by atoms with Gasteiger partial charge in [-0.2, -0.15) is 0 Å². The van der Waals surface area contributed by atoms with Crippen molar-refractivity contribution in [1.29, 1.82) is 0 Å². The highest BCUT2D eigenvalue weighted by Crippen LogP contribution is 2.17. The first-order valence-electron chi connectivity index (χ1n) is 5.98. The number of aromatic nitrogens is 2. The summed E-state index contributed by atoms with van der Waals surface area (Å²) in [6.07, 6.45) is 0. The van der Waals surface area contributed by atoms with Gasteiger partial charge in [0, 0.05) is 6.54 Å². The zero-order chi connectivity index (χ0) is 13.2. The molecule has 0 fully saturated rings. The van der Waals surface area contributed by atoms with Crippen LogP contribution in [0.25, 0.3) is 11.0 Å². The van der Waals surface area contributed by atoms with Crippen LogP contribution in [-0.4, -0.2) is 20.6 Å². The molecule has 0 amide bonds. The van der Waals surface area contributed by atoms with E-state index in [4.69, 9.17) is 0 Å². The number of hydrogen-bond acceptors (Lipinski definition) is 2. The number of benzene rings is 2. The molecule has 0 spiro atoms. The van der Waals surface area contributed by atoms with Crippen LogP contribution >= 0.6 is 0 Å². The number of carbonyl (C=O) groups is 1. The molecule has 1 N–H and O–H groups in total. The largest absolute Gasteiger partial charge is 0.475 e. The highest BCUT2D eigenvalue weighted by atomic mass is 16.4. The topological polar surface area (TPSA) is 55.1 Å². The van der Waals surface area contributed by atoms with Crippen LogP contribution in [0.15, 0.2) is 54.6 Å². The van der Waals surface area contributed by atoms with Crippen LogP contribution in [0.4, 0.5) is 0 Å². The summed E-state index contributed by atoms with van der Waals surface area (Å²) in [7, 11) is 0. The number of para-hydroxylation sites is 2. The smallest absolute Gasteiger partial charge is 0.372 e. The van der Waals surface area contributed by atoms with E-state index < -0.39 is 5.97 Å². The highest BCUT2D eigenvalue weighted by molar-refractivity contribution is 5.89.